The number of aliphatic hydroxyl groups is 1. The normalized spacial score (nSPS) is 54.0. The van der Waals surface area contributed by atoms with Gasteiger partial charge in [-0.3, -0.25) is 0 Å². The lowest BCUT2D eigenvalue weighted by atomic mass is 9.69. The highest BCUT2D eigenvalue weighted by Gasteiger charge is 2.46. The quantitative estimate of drug-likeness (QED) is 0.647. The van der Waals surface area contributed by atoms with Crippen LogP contribution >= 0.6 is 0 Å². The summed E-state index contributed by atoms with van der Waals surface area (Å²) in [6.45, 7) is 6.34. The first-order valence-corrected chi connectivity index (χ1v) is 5.87. The van der Waals surface area contributed by atoms with Gasteiger partial charge in [0, 0.05) is 12.3 Å². The van der Waals surface area contributed by atoms with Crippen molar-refractivity contribution < 1.29 is 9.84 Å². The summed E-state index contributed by atoms with van der Waals surface area (Å²) >= 11 is 0. The molecule has 0 amide bonds. The molecule has 0 aromatic carbocycles. The van der Waals surface area contributed by atoms with E-state index >= 15 is 0 Å². The van der Waals surface area contributed by atoms with Gasteiger partial charge >= 0.3 is 0 Å². The van der Waals surface area contributed by atoms with Crippen molar-refractivity contribution in [2.24, 2.45) is 11.8 Å². The largest absolute Gasteiger partial charge is 0.390 e. The Balaban J connectivity index is 2.12. The van der Waals surface area contributed by atoms with Crippen molar-refractivity contribution in [3.63, 3.8) is 0 Å². The number of ether oxygens (including phenoxy) is 1. The van der Waals surface area contributed by atoms with Gasteiger partial charge in [0.2, 0.25) is 0 Å². The topological polar surface area (TPSA) is 29.5 Å². The van der Waals surface area contributed by atoms with Crippen LogP contribution < -0.4 is 0 Å². The summed E-state index contributed by atoms with van der Waals surface area (Å²) < 4.78 is 5.94. The smallest absolute Gasteiger partial charge is 0.0697 e. The molecule has 1 heterocycles. The zero-order chi connectivity index (χ0) is 10.3. The minimum atomic E-state index is -0.498. The van der Waals surface area contributed by atoms with Crippen molar-refractivity contribution in [2.75, 3.05) is 0 Å². The van der Waals surface area contributed by atoms with Gasteiger partial charge in [0.1, 0.15) is 0 Å². The molecule has 5 atom stereocenters. The summed E-state index contributed by atoms with van der Waals surface area (Å²) in [6.07, 6.45) is 4.82. The Labute approximate surface area is 86.6 Å². The Kier molecular flexibility index (Phi) is 2.61. The molecule has 0 aromatic rings. The van der Waals surface area contributed by atoms with Crippen LogP contribution in [0.4, 0.5) is 0 Å². The number of rotatable bonds is 0. The number of fused-ring (bicyclic) bond motifs is 1. The Bertz CT molecular complexity index is 210. The highest BCUT2D eigenvalue weighted by Crippen LogP contribution is 2.43. The van der Waals surface area contributed by atoms with Crippen molar-refractivity contribution in [3.05, 3.63) is 0 Å². The van der Waals surface area contributed by atoms with Gasteiger partial charge in [0.25, 0.3) is 0 Å². The van der Waals surface area contributed by atoms with Gasteiger partial charge in [-0.05, 0) is 32.6 Å². The lowest BCUT2D eigenvalue weighted by Gasteiger charge is -2.48. The van der Waals surface area contributed by atoms with E-state index in [0.29, 0.717) is 12.0 Å². The minimum absolute atomic E-state index is 0.219. The van der Waals surface area contributed by atoms with Gasteiger partial charge in [0.05, 0.1) is 17.8 Å². The van der Waals surface area contributed by atoms with E-state index in [1.807, 2.05) is 6.92 Å². The predicted octanol–water partition coefficient (Wildman–Crippen LogP) is 2.35. The molecule has 2 heteroatoms. The fourth-order valence-electron chi connectivity index (χ4n) is 3.27. The molecule has 0 bridgehead atoms. The van der Waals surface area contributed by atoms with Crippen molar-refractivity contribution in [3.8, 4) is 0 Å². The molecule has 2 fully saturated rings. The van der Waals surface area contributed by atoms with E-state index in [9.17, 15) is 5.11 Å². The third-order valence-corrected chi connectivity index (χ3v) is 3.96. The SMILES string of the molecule is C[C@@H]1CC[C@@H]2[C@@H](C1)O[C@@H](C)C[C@@]2(C)O. The molecule has 2 aliphatic rings. The second kappa shape index (κ2) is 3.49. The molecule has 0 spiro atoms. The molecule has 2 rings (SSSR count). The highest BCUT2D eigenvalue weighted by atomic mass is 16.5. The summed E-state index contributed by atoms with van der Waals surface area (Å²) in [6, 6.07) is 0. The molecule has 2 nitrogen and oxygen atoms in total. The Morgan fingerprint density at radius 3 is 2.71 bits per heavy atom. The molecular formula is C12H22O2. The first kappa shape index (κ1) is 10.4. The Morgan fingerprint density at radius 2 is 2.00 bits per heavy atom. The van der Waals surface area contributed by atoms with Crippen LogP contribution in [0, 0.1) is 11.8 Å². The maximum absolute atomic E-state index is 10.3. The maximum Gasteiger partial charge on any atom is 0.0697 e. The second-order valence-corrected chi connectivity index (χ2v) is 5.57. The van der Waals surface area contributed by atoms with Crippen LogP contribution in [0.2, 0.25) is 0 Å². The lowest BCUT2D eigenvalue weighted by Crippen LogP contribution is -2.53. The van der Waals surface area contributed by atoms with Crippen LogP contribution in [-0.2, 0) is 4.74 Å². The maximum atomic E-state index is 10.3. The average Bonchev–Trinajstić information content (AvgIpc) is 2.00. The van der Waals surface area contributed by atoms with Gasteiger partial charge in [-0.25, -0.2) is 0 Å². The Hall–Kier alpha value is -0.0800. The molecule has 14 heavy (non-hydrogen) atoms. The molecular weight excluding hydrogens is 176 g/mol. The standard InChI is InChI=1S/C12H22O2/c1-8-4-5-10-11(6-8)14-9(2)7-12(10,3)13/h8-11,13H,4-7H2,1-3H3/t8-,9+,10-,11-,12-/m1/s1. The fourth-order valence-corrected chi connectivity index (χ4v) is 3.27. The molecule has 1 saturated carbocycles. The van der Waals surface area contributed by atoms with Crippen molar-refractivity contribution >= 4 is 0 Å². The van der Waals surface area contributed by atoms with E-state index in [2.05, 4.69) is 13.8 Å². The molecule has 0 unspecified atom stereocenters. The predicted molar refractivity (Wildman–Crippen MR) is 56.1 cm³/mol. The Morgan fingerprint density at radius 1 is 1.29 bits per heavy atom. The summed E-state index contributed by atoms with van der Waals surface area (Å²) in [4.78, 5) is 0. The average molecular weight is 198 g/mol. The molecule has 1 N–H and O–H groups in total. The lowest BCUT2D eigenvalue weighted by molar-refractivity contribution is -0.190. The second-order valence-electron chi connectivity index (χ2n) is 5.57. The summed E-state index contributed by atoms with van der Waals surface area (Å²) in [7, 11) is 0. The third kappa shape index (κ3) is 1.82. The van der Waals surface area contributed by atoms with E-state index in [1.54, 1.807) is 0 Å². The minimum Gasteiger partial charge on any atom is -0.390 e. The van der Waals surface area contributed by atoms with Crippen LogP contribution in [0.3, 0.4) is 0 Å². The van der Waals surface area contributed by atoms with E-state index in [1.165, 1.54) is 6.42 Å². The van der Waals surface area contributed by atoms with Gasteiger partial charge in [-0.2, -0.15) is 0 Å². The van der Waals surface area contributed by atoms with Crippen LogP contribution in [-0.4, -0.2) is 22.9 Å². The molecule has 1 saturated heterocycles. The van der Waals surface area contributed by atoms with Gasteiger partial charge < -0.3 is 9.84 Å². The molecule has 0 radical (unpaired) electrons. The van der Waals surface area contributed by atoms with Crippen LogP contribution in [0.25, 0.3) is 0 Å². The zero-order valence-corrected chi connectivity index (χ0v) is 9.49. The first-order valence-electron chi connectivity index (χ1n) is 5.87. The summed E-state index contributed by atoms with van der Waals surface area (Å²) in [5.74, 6) is 1.13. The fraction of sp³-hybridized carbons (Fsp3) is 1.00. The summed E-state index contributed by atoms with van der Waals surface area (Å²) in [5.41, 5.74) is -0.498. The monoisotopic (exact) mass is 198 g/mol. The van der Waals surface area contributed by atoms with E-state index < -0.39 is 5.60 Å². The number of hydrogen-bond donors (Lipinski definition) is 1. The number of hydrogen-bond acceptors (Lipinski definition) is 2. The highest BCUT2D eigenvalue weighted by molar-refractivity contribution is 4.96. The molecule has 0 aromatic heterocycles. The van der Waals surface area contributed by atoms with Crippen molar-refractivity contribution in [2.45, 2.75) is 64.3 Å². The third-order valence-electron chi connectivity index (χ3n) is 3.96. The van der Waals surface area contributed by atoms with Gasteiger partial charge in [-0.1, -0.05) is 13.3 Å². The molecule has 82 valence electrons. The molecule has 1 aliphatic heterocycles. The van der Waals surface area contributed by atoms with Crippen LogP contribution in [0.1, 0.15) is 46.5 Å². The zero-order valence-electron chi connectivity index (χ0n) is 9.49. The molecule has 1 aliphatic carbocycles. The van der Waals surface area contributed by atoms with Crippen molar-refractivity contribution in [1.82, 2.24) is 0 Å². The van der Waals surface area contributed by atoms with E-state index in [0.717, 1.165) is 25.2 Å². The van der Waals surface area contributed by atoms with Crippen molar-refractivity contribution in [1.29, 1.82) is 0 Å². The van der Waals surface area contributed by atoms with E-state index in [4.69, 9.17) is 4.74 Å². The van der Waals surface area contributed by atoms with Crippen LogP contribution in [0.15, 0.2) is 0 Å². The first-order chi connectivity index (χ1) is 6.49. The van der Waals surface area contributed by atoms with E-state index in [-0.39, 0.29) is 6.10 Å². The van der Waals surface area contributed by atoms with Crippen LogP contribution in [0.5, 0.6) is 0 Å². The van der Waals surface area contributed by atoms with Gasteiger partial charge in [0.15, 0.2) is 0 Å². The van der Waals surface area contributed by atoms with Gasteiger partial charge in [-0.15, -0.1) is 0 Å². The summed E-state index contributed by atoms with van der Waals surface area (Å²) in [5, 5.41) is 10.3.